The number of carbonyl (C=O) groups is 2. The molecule has 2 N–H and O–H groups in total. The van der Waals surface area contributed by atoms with Crippen LogP contribution in [0.3, 0.4) is 0 Å². The number of carbonyl (C=O) groups excluding carboxylic acids is 2. The maximum atomic E-state index is 13.1. The first-order chi connectivity index (χ1) is 14.1. The van der Waals surface area contributed by atoms with Gasteiger partial charge in [0.15, 0.2) is 0 Å². The zero-order valence-electron chi connectivity index (χ0n) is 16.2. The van der Waals surface area contributed by atoms with E-state index in [9.17, 15) is 14.4 Å². The van der Waals surface area contributed by atoms with Crippen LogP contribution in [0.5, 0.6) is 0 Å². The van der Waals surface area contributed by atoms with Crippen LogP contribution in [0.4, 0.5) is 0 Å². The molecule has 2 amide bonds. The van der Waals surface area contributed by atoms with Crippen LogP contribution in [0.15, 0.2) is 46.6 Å². The average molecular weight is 410 g/mol. The van der Waals surface area contributed by atoms with Gasteiger partial charge in [0.2, 0.25) is 5.91 Å². The molecule has 0 fully saturated rings. The Hall–Kier alpha value is -2.93. The first kappa shape index (κ1) is 19.4. The lowest BCUT2D eigenvalue weighted by molar-refractivity contribution is -0.134. The quantitative estimate of drug-likeness (QED) is 0.679. The lowest BCUT2D eigenvalue weighted by Gasteiger charge is -2.30. The van der Waals surface area contributed by atoms with Crippen molar-refractivity contribution in [3.05, 3.63) is 68.1 Å². The van der Waals surface area contributed by atoms with Crippen molar-refractivity contribution in [2.24, 2.45) is 0 Å². The average Bonchev–Trinajstić information content (AvgIpc) is 3.20. The Morgan fingerprint density at radius 1 is 1.28 bits per heavy atom. The normalized spacial score (nSPS) is 14.4. The van der Waals surface area contributed by atoms with E-state index in [4.69, 9.17) is 0 Å². The molecule has 0 saturated carbocycles. The van der Waals surface area contributed by atoms with Gasteiger partial charge < -0.3 is 15.2 Å². The number of pyridine rings is 1. The van der Waals surface area contributed by atoms with Crippen molar-refractivity contribution >= 4 is 34.1 Å². The molecule has 4 rings (SSSR count). The van der Waals surface area contributed by atoms with Crippen molar-refractivity contribution in [3.8, 4) is 0 Å². The fourth-order valence-electron chi connectivity index (χ4n) is 3.76. The highest BCUT2D eigenvalue weighted by Gasteiger charge is 2.29. The van der Waals surface area contributed by atoms with E-state index in [1.165, 1.54) is 10.4 Å². The molecular weight excluding hydrogens is 386 g/mol. The van der Waals surface area contributed by atoms with Gasteiger partial charge in [-0.05, 0) is 47.4 Å². The van der Waals surface area contributed by atoms with Crippen LogP contribution >= 0.6 is 11.3 Å². The van der Waals surface area contributed by atoms with Gasteiger partial charge in [0.25, 0.3) is 11.5 Å². The number of amides is 2. The molecule has 3 aromatic rings. The van der Waals surface area contributed by atoms with Crippen molar-refractivity contribution < 1.29 is 9.59 Å². The predicted octanol–water partition coefficient (Wildman–Crippen LogP) is 3.07. The maximum absolute atomic E-state index is 13.1. The molecule has 1 atom stereocenters. The van der Waals surface area contributed by atoms with Crippen molar-refractivity contribution in [3.63, 3.8) is 0 Å². The van der Waals surface area contributed by atoms with Gasteiger partial charge in [-0.3, -0.25) is 14.4 Å². The molecule has 1 aliphatic rings. The number of benzene rings is 1. The van der Waals surface area contributed by atoms with Crippen LogP contribution in [0, 0.1) is 0 Å². The standard InChI is InChI=1S/C22H23N3O3S/c1-2-5-18(22(28)25-10-8-19-15(13-25)9-11-29-19)24-21(27)16-12-14-6-3-4-7-17(14)23-20(16)26/h3-4,6-7,9,11-12,18H,2,5,8,10,13H2,1H3,(H,23,26)(H,24,27). The van der Waals surface area contributed by atoms with Crippen molar-refractivity contribution in [1.82, 2.24) is 15.2 Å². The molecule has 150 valence electrons. The SMILES string of the molecule is CCCC(NC(=O)c1cc2ccccc2[nH]c1=O)C(=O)N1CCc2sccc2C1. The minimum absolute atomic E-state index is 0.0244. The molecule has 0 bridgehead atoms. The van der Waals surface area contributed by atoms with E-state index in [1.54, 1.807) is 28.4 Å². The number of nitrogens with one attached hydrogen (secondary N) is 2. The number of thiophene rings is 1. The molecule has 7 heteroatoms. The van der Waals surface area contributed by atoms with E-state index < -0.39 is 17.5 Å². The molecule has 3 heterocycles. The summed E-state index contributed by atoms with van der Waals surface area (Å²) in [7, 11) is 0. The second-order valence-electron chi connectivity index (χ2n) is 7.29. The highest BCUT2D eigenvalue weighted by molar-refractivity contribution is 7.10. The maximum Gasteiger partial charge on any atom is 0.261 e. The molecule has 1 aromatic carbocycles. The Labute approximate surface area is 172 Å². The molecule has 1 unspecified atom stereocenters. The second-order valence-corrected chi connectivity index (χ2v) is 8.29. The molecule has 1 aliphatic heterocycles. The number of fused-ring (bicyclic) bond motifs is 2. The van der Waals surface area contributed by atoms with E-state index in [1.807, 2.05) is 25.1 Å². The van der Waals surface area contributed by atoms with Crippen LogP contribution in [-0.2, 0) is 17.8 Å². The summed E-state index contributed by atoms with van der Waals surface area (Å²) in [4.78, 5) is 44.2. The fourth-order valence-corrected chi connectivity index (χ4v) is 4.64. The summed E-state index contributed by atoms with van der Waals surface area (Å²) in [6.07, 6.45) is 2.13. The molecule has 6 nitrogen and oxygen atoms in total. The van der Waals surface area contributed by atoms with Crippen LogP contribution in [-0.4, -0.2) is 34.3 Å². The van der Waals surface area contributed by atoms with Gasteiger partial charge in [-0.25, -0.2) is 0 Å². The smallest absolute Gasteiger partial charge is 0.261 e. The number of para-hydroxylation sites is 1. The number of nitrogens with zero attached hydrogens (tertiary/aromatic N) is 1. The lowest BCUT2D eigenvalue weighted by atomic mass is 10.1. The molecule has 0 radical (unpaired) electrons. The van der Waals surface area contributed by atoms with Gasteiger partial charge >= 0.3 is 0 Å². The first-order valence-corrected chi connectivity index (χ1v) is 10.7. The monoisotopic (exact) mass is 409 g/mol. The molecule has 0 spiro atoms. The van der Waals surface area contributed by atoms with Crippen LogP contribution in [0.2, 0.25) is 0 Å². The Bertz CT molecular complexity index is 1120. The third-order valence-corrected chi connectivity index (χ3v) is 6.32. The predicted molar refractivity (Wildman–Crippen MR) is 114 cm³/mol. The molecule has 0 saturated heterocycles. The first-order valence-electron chi connectivity index (χ1n) is 9.83. The number of hydrogen-bond donors (Lipinski definition) is 2. The van der Waals surface area contributed by atoms with Crippen LogP contribution in [0.1, 0.15) is 40.6 Å². The molecule has 29 heavy (non-hydrogen) atoms. The topological polar surface area (TPSA) is 82.3 Å². The van der Waals surface area contributed by atoms with Gasteiger partial charge in [-0.15, -0.1) is 11.3 Å². The summed E-state index contributed by atoms with van der Waals surface area (Å²) in [5.41, 5.74) is 1.43. The van der Waals surface area contributed by atoms with E-state index >= 15 is 0 Å². The number of rotatable bonds is 5. The minimum Gasteiger partial charge on any atom is -0.340 e. The van der Waals surface area contributed by atoms with E-state index in [-0.39, 0.29) is 11.5 Å². The summed E-state index contributed by atoms with van der Waals surface area (Å²) in [5.74, 6) is -0.605. The fraction of sp³-hybridized carbons (Fsp3) is 0.318. The third kappa shape index (κ3) is 3.96. The van der Waals surface area contributed by atoms with Crippen molar-refractivity contribution in [2.45, 2.75) is 38.8 Å². The number of aromatic amines is 1. The van der Waals surface area contributed by atoms with Crippen molar-refractivity contribution in [1.29, 1.82) is 0 Å². The van der Waals surface area contributed by atoms with Crippen LogP contribution in [0.25, 0.3) is 10.9 Å². The highest BCUT2D eigenvalue weighted by Crippen LogP contribution is 2.24. The second kappa shape index (κ2) is 8.21. The largest absolute Gasteiger partial charge is 0.340 e. The van der Waals surface area contributed by atoms with Crippen molar-refractivity contribution in [2.75, 3.05) is 6.54 Å². The van der Waals surface area contributed by atoms with Gasteiger partial charge in [-0.1, -0.05) is 31.5 Å². The van der Waals surface area contributed by atoms with Gasteiger partial charge in [0.05, 0.1) is 0 Å². The summed E-state index contributed by atoms with van der Waals surface area (Å²) < 4.78 is 0. The third-order valence-electron chi connectivity index (χ3n) is 5.30. The molecule has 0 aliphatic carbocycles. The zero-order valence-corrected chi connectivity index (χ0v) is 17.1. The van der Waals surface area contributed by atoms with Gasteiger partial charge in [-0.2, -0.15) is 0 Å². The highest BCUT2D eigenvalue weighted by atomic mass is 32.1. The Morgan fingerprint density at radius 3 is 2.93 bits per heavy atom. The Kier molecular flexibility index (Phi) is 5.49. The molecule has 2 aromatic heterocycles. The number of aromatic nitrogens is 1. The Morgan fingerprint density at radius 2 is 2.10 bits per heavy atom. The summed E-state index contributed by atoms with van der Waals surface area (Å²) in [6.45, 7) is 3.20. The van der Waals surface area contributed by atoms with Gasteiger partial charge in [0.1, 0.15) is 11.6 Å². The van der Waals surface area contributed by atoms with Gasteiger partial charge in [0, 0.05) is 23.5 Å². The van der Waals surface area contributed by atoms with Crippen LogP contribution < -0.4 is 10.9 Å². The number of hydrogen-bond acceptors (Lipinski definition) is 4. The zero-order chi connectivity index (χ0) is 20.4. The van der Waals surface area contributed by atoms with E-state index in [0.717, 1.165) is 18.2 Å². The minimum atomic E-state index is -0.640. The summed E-state index contributed by atoms with van der Waals surface area (Å²) in [6, 6.07) is 10.3. The Balaban J connectivity index is 1.54. The molecular formula is C22H23N3O3S. The summed E-state index contributed by atoms with van der Waals surface area (Å²) in [5, 5.41) is 5.63. The van der Waals surface area contributed by atoms with E-state index in [2.05, 4.69) is 21.7 Å². The lowest BCUT2D eigenvalue weighted by Crippen LogP contribution is -2.50. The van der Waals surface area contributed by atoms with E-state index in [0.29, 0.717) is 25.0 Å². The summed E-state index contributed by atoms with van der Waals surface area (Å²) >= 11 is 1.72. The number of H-pyrrole nitrogens is 1.